The second-order valence-electron chi connectivity index (χ2n) is 6.58. The zero-order valence-electron chi connectivity index (χ0n) is 15.4. The summed E-state index contributed by atoms with van der Waals surface area (Å²) < 4.78 is 7.05. The third kappa shape index (κ3) is 3.74. The van der Waals surface area contributed by atoms with E-state index in [0.29, 0.717) is 0 Å². The van der Waals surface area contributed by atoms with E-state index in [9.17, 15) is 35.2 Å². The molecule has 3 N–H and O–H groups in total. The van der Waals surface area contributed by atoms with Crippen LogP contribution in [0.3, 0.4) is 0 Å². The summed E-state index contributed by atoms with van der Waals surface area (Å²) in [6.45, 7) is 0. The van der Waals surface area contributed by atoms with Crippen LogP contribution < -0.4 is 5.56 Å². The number of H-pyrrole nitrogens is 1. The predicted octanol–water partition coefficient (Wildman–Crippen LogP) is 0.347. The second-order valence-corrected chi connectivity index (χ2v) is 7.64. The molecule has 2 aromatic heterocycles. The Morgan fingerprint density at radius 3 is 2.68 bits per heavy atom. The molecule has 31 heavy (non-hydrogen) atoms. The van der Waals surface area contributed by atoms with Gasteiger partial charge in [-0.1, -0.05) is 0 Å². The Bertz CT molecular complexity index is 1230. The zero-order valence-corrected chi connectivity index (χ0v) is 16.2. The van der Waals surface area contributed by atoms with Crippen molar-refractivity contribution in [1.82, 2.24) is 19.5 Å². The molecule has 4 atom stereocenters. The molecule has 0 radical (unpaired) electrons. The highest BCUT2D eigenvalue weighted by Crippen LogP contribution is 2.37. The molecule has 15 heteroatoms. The van der Waals surface area contributed by atoms with Gasteiger partial charge in [-0.3, -0.25) is 29.6 Å². The van der Waals surface area contributed by atoms with E-state index in [4.69, 9.17) is 4.74 Å². The molecular weight excluding hydrogens is 436 g/mol. The fourth-order valence-electron chi connectivity index (χ4n) is 3.20. The molecule has 0 saturated carbocycles. The lowest BCUT2D eigenvalue weighted by Gasteiger charge is -2.16. The van der Waals surface area contributed by atoms with Crippen molar-refractivity contribution in [3.8, 4) is 0 Å². The van der Waals surface area contributed by atoms with Crippen LogP contribution in [0.1, 0.15) is 6.23 Å². The molecule has 0 unspecified atom stereocenters. The van der Waals surface area contributed by atoms with Gasteiger partial charge in [0.1, 0.15) is 12.2 Å². The summed E-state index contributed by atoms with van der Waals surface area (Å²) >= 11 is 0.948. The molecule has 0 spiro atoms. The number of hydrogen-bond acceptors (Lipinski definition) is 11. The van der Waals surface area contributed by atoms with Gasteiger partial charge >= 0.3 is 0 Å². The van der Waals surface area contributed by atoms with E-state index >= 15 is 0 Å². The minimum atomic E-state index is -1.38. The van der Waals surface area contributed by atoms with Gasteiger partial charge < -0.3 is 19.9 Å². The number of fused-ring (bicyclic) bond motifs is 1. The summed E-state index contributed by atoms with van der Waals surface area (Å²) in [6, 6.07) is 3.24. The Balaban J connectivity index is 1.54. The van der Waals surface area contributed by atoms with Crippen molar-refractivity contribution in [1.29, 1.82) is 0 Å². The first-order valence-corrected chi connectivity index (χ1v) is 9.74. The Hall–Kier alpha value is -3.40. The van der Waals surface area contributed by atoms with Crippen molar-refractivity contribution in [2.45, 2.75) is 29.4 Å². The number of thioether (sulfide) groups is 1. The fourth-order valence-corrected chi connectivity index (χ4v) is 4.27. The topological polar surface area (TPSA) is 200 Å². The van der Waals surface area contributed by atoms with E-state index in [1.165, 1.54) is 23.3 Å². The third-order valence-electron chi connectivity index (χ3n) is 4.73. The van der Waals surface area contributed by atoms with Crippen LogP contribution in [0.15, 0.2) is 40.5 Å². The summed E-state index contributed by atoms with van der Waals surface area (Å²) in [7, 11) is 0. The molecule has 1 saturated heterocycles. The van der Waals surface area contributed by atoms with Crippen molar-refractivity contribution < 1.29 is 24.8 Å². The average molecular weight is 450 g/mol. The highest BCUT2D eigenvalue weighted by Gasteiger charge is 2.44. The molecule has 0 aliphatic carbocycles. The Labute approximate surface area is 175 Å². The number of ether oxygens (including phenoxy) is 1. The number of nitro groups is 2. The third-order valence-corrected chi connectivity index (χ3v) is 5.88. The summed E-state index contributed by atoms with van der Waals surface area (Å²) in [6.07, 6.45) is -2.32. The van der Waals surface area contributed by atoms with Crippen LogP contribution in [0, 0.1) is 20.2 Å². The Morgan fingerprint density at radius 1 is 1.19 bits per heavy atom. The smallest absolute Gasteiger partial charge is 0.289 e. The molecule has 4 rings (SSSR count). The van der Waals surface area contributed by atoms with Crippen LogP contribution in [0.4, 0.5) is 11.4 Å². The van der Waals surface area contributed by atoms with Crippen LogP contribution in [-0.4, -0.2) is 63.6 Å². The highest BCUT2D eigenvalue weighted by molar-refractivity contribution is 7.99. The second kappa shape index (κ2) is 8.03. The first-order chi connectivity index (χ1) is 14.8. The number of aromatic amines is 1. The van der Waals surface area contributed by atoms with Crippen molar-refractivity contribution >= 4 is 34.3 Å². The maximum absolute atomic E-state index is 11.8. The van der Waals surface area contributed by atoms with E-state index in [0.717, 1.165) is 23.9 Å². The predicted molar refractivity (Wildman–Crippen MR) is 105 cm³/mol. The monoisotopic (exact) mass is 450 g/mol. The molecule has 3 heterocycles. The summed E-state index contributed by atoms with van der Waals surface area (Å²) in [5.74, 6) is 0.00796. The molecular formula is C16H14N6O8S. The summed E-state index contributed by atoms with van der Waals surface area (Å²) in [4.78, 5) is 42.9. The number of rotatable bonds is 6. The van der Waals surface area contributed by atoms with Gasteiger partial charge in [0.2, 0.25) is 0 Å². The quantitative estimate of drug-likeness (QED) is 0.266. The van der Waals surface area contributed by atoms with Crippen molar-refractivity contribution in [3.63, 3.8) is 0 Å². The van der Waals surface area contributed by atoms with Crippen LogP contribution in [0.25, 0.3) is 11.2 Å². The maximum Gasteiger partial charge on any atom is 0.289 e. The molecule has 1 aliphatic heterocycles. The number of nitrogens with zero attached hydrogens (tertiary/aromatic N) is 5. The number of nitro benzene ring substituents is 2. The normalized spacial score (nSPS) is 23.3. The lowest BCUT2D eigenvalue weighted by molar-refractivity contribution is -0.396. The summed E-state index contributed by atoms with van der Waals surface area (Å²) in [5.41, 5.74) is -1.16. The van der Waals surface area contributed by atoms with Gasteiger partial charge in [-0.25, -0.2) is 9.97 Å². The molecule has 3 aromatic rings. The molecule has 1 fully saturated rings. The van der Waals surface area contributed by atoms with E-state index < -0.39 is 51.3 Å². The Morgan fingerprint density at radius 2 is 1.97 bits per heavy atom. The molecule has 14 nitrogen and oxygen atoms in total. The number of hydrogen-bond donors (Lipinski definition) is 3. The number of benzene rings is 1. The SMILES string of the molecule is O=c1[nH]cnc2c1ncn2[C@@H]1O[C@H](CSc2ccc([N+](=O)[O-])cc2[N+](=O)[O-])[C@@H](O)[C@H]1O. The lowest BCUT2D eigenvalue weighted by Crippen LogP contribution is -2.32. The van der Waals surface area contributed by atoms with E-state index in [1.54, 1.807) is 0 Å². The van der Waals surface area contributed by atoms with Crippen molar-refractivity contribution in [3.05, 3.63) is 61.4 Å². The first kappa shape index (κ1) is 20.9. The average Bonchev–Trinajstić information content (AvgIpc) is 3.29. The lowest BCUT2D eigenvalue weighted by atomic mass is 10.1. The zero-order chi connectivity index (χ0) is 22.3. The molecule has 0 bridgehead atoms. The van der Waals surface area contributed by atoms with Gasteiger partial charge in [-0.05, 0) is 6.07 Å². The minimum absolute atomic E-state index is 0.00796. The molecule has 0 amide bonds. The number of aliphatic hydroxyl groups excluding tert-OH is 2. The Kier molecular flexibility index (Phi) is 5.40. The van der Waals surface area contributed by atoms with Gasteiger partial charge in [0.25, 0.3) is 16.9 Å². The van der Waals surface area contributed by atoms with E-state index in [-0.39, 0.29) is 21.8 Å². The van der Waals surface area contributed by atoms with E-state index in [2.05, 4.69) is 15.0 Å². The largest absolute Gasteiger partial charge is 0.387 e. The number of nitrogens with one attached hydrogen (secondary N) is 1. The van der Waals surface area contributed by atoms with Crippen LogP contribution in [-0.2, 0) is 4.74 Å². The molecule has 162 valence electrons. The van der Waals surface area contributed by atoms with Crippen molar-refractivity contribution in [2.24, 2.45) is 0 Å². The van der Waals surface area contributed by atoms with Gasteiger partial charge in [-0.15, -0.1) is 11.8 Å². The number of non-ortho nitro benzene ring substituents is 1. The van der Waals surface area contributed by atoms with Gasteiger partial charge in [0.15, 0.2) is 17.4 Å². The van der Waals surface area contributed by atoms with Crippen LogP contribution in [0.2, 0.25) is 0 Å². The van der Waals surface area contributed by atoms with Gasteiger partial charge in [0, 0.05) is 11.8 Å². The van der Waals surface area contributed by atoms with Gasteiger partial charge in [0.05, 0.1) is 39.6 Å². The minimum Gasteiger partial charge on any atom is -0.387 e. The maximum atomic E-state index is 11.8. The van der Waals surface area contributed by atoms with Gasteiger partial charge in [-0.2, -0.15) is 0 Å². The number of aromatic nitrogens is 4. The molecule has 1 aliphatic rings. The van der Waals surface area contributed by atoms with Crippen LogP contribution in [0.5, 0.6) is 0 Å². The highest BCUT2D eigenvalue weighted by atomic mass is 32.2. The standard InChI is InChI=1S/C16H14N6O8S/c23-12-9(4-31-10-2-1-7(21(26)27)3-8(10)22(28)29)30-16(13(12)24)20-6-19-11-14(20)17-5-18-15(11)25/h1-3,5-6,9,12-13,16,23-24H,4H2,(H,17,18,25)/t9-,12-,13-,16-/m1/s1. The molecule has 1 aromatic carbocycles. The summed E-state index contributed by atoms with van der Waals surface area (Å²) in [5, 5.41) is 43.0. The fraction of sp³-hybridized carbons (Fsp3) is 0.312. The van der Waals surface area contributed by atoms with Crippen LogP contribution >= 0.6 is 11.8 Å². The number of imidazole rings is 1. The first-order valence-electron chi connectivity index (χ1n) is 8.75. The van der Waals surface area contributed by atoms with E-state index in [1.807, 2.05) is 0 Å². The number of aliphatic hydroxyl groups is 2. The van der Waals surface area contributed by atoms with Crippen molar-refractivity contribution in [2.75, 3.05) is 5.75 Å².